The number of rotatable bonds is 4. The molecule has 2 aromatic rings. The minimum Gasteiger partial charge on any atom is -0.301 e. The fraction of sp³-hybridized carbons (Fsp3) is 0.562. The first-order valence-electron chi connectivity index (χ1n) is 7.76. The molecule has 1 aliphatic rings. The van der Waals surface area contributed by atoms with Crippen LogP contribution in [0.5, 0.6) is 0 Å². The van der Waals surface area contributed by atoms with Crippen molar-refractivity contribution in [3.8, 4) is 11.3 Å². The summed E-state index contributed by atoms with van der Waals surface area (Å²) in [6.07, 6.45) is 10.9. The quantitative estimate of drug-likeness (QED) is 0.938. The molecule has 3 heterocycles. The fourth-order valence-corrected chi connectivity index (χ4v) is 3.00. The van der Waals surface area contributed by atoms with E-state index in [1.54, 1.807) is 12.4 Å². The van der Waals surface area contributed by atoms with E-state index in [0.717, 1.165) is 29.3 Å². The molecule has 112 valence electrons. The lowest BCUT2D eigenvalue weighted by molar-refractivity contribution is 0.149. The van der Waals surface area contributed by atoms with E-state index in [-0.39, 0.29) is 0 Å². The largest absolute Gasteiger partial charge is 0.301 e. The minimum atomic E-state index is 0.662. The molecule has 0 bridgehead atoms. The number of H-pyrrole nitrogens is 1. The second kappa shape index (κ2) is 6.35. The Labute approximate surface area is 125 Å². The van der Waals surface area contributed by atoms with Crippen LogP contribution in [0.2, 0.25) is 0 Å². The molecule has 5 nitrogen and oxygen atoms in total. The van der Waals surface area contributed by atoms with Crippen LogP contribution in [-0.4, -0.2) is 44.2 Å². The SMILES string of the molecule is CC(C)N1CCC(Cc2cncc(-c3cn[nH]c3)n2)CC1. The fourth-order valence-electron chi connectivity index (χ4n) is 3.00. The van der Waals surface area contributed by atoms with Crippen molar-refractivity contribution in [1.82, 2.24) is 25.1 Å². The topological polar surface area (TPSA) is 57.7 Å². The number of aromatic nitrogens is 4. The smallest absolute Gasteiger partial charge is 0.0919 e. The van der Waals surface area contributed by atoms with E-state index in [0.29, 0.717) is 6.04 Å². The van der Waals surface area contributed by atoms with Crippen molar-refractivity contribution >= 4 is 0 Å². The Morgan fingerprint density at radius 3 is 2.71 bits per heavy atom. The van der Waals surface area contributed by atoms with Gasteiger partial charge in [0.05, 0.1) is 23.8 Å². The maximum Gasteiger partial charge on any atom is 0.0919 e. The van der Waals surface area contributed by atoms with Gasteiger partial charge in [0.2, 0.25) is 0 Å². The van der Waals surface area contributed by atoms with E-state index >= 15 is 0 Å². The molecular weight excluding hydrogens is 262 g/mol. The third kappa shape index (κ3) is 3.47. The van der Waals surface area contributed by atoms with Crippen LogP contribution in [0, 0.1) is 5.92 Å². The first-order valence-corrected chi connectivity index (χ1v) is 7.76. The van der Waals surface area contributed by atoms with E-state index in [4.69, 9.17) is 4.98 Å². The summed E-state index contributed by atoms with van der Waals surface area (Å²) in [4.78, 5) is 11.6. The van der Waals surface area contributed by atoms with Gasteiger partial charge in [-0.1, -0.05) is 0 Å². The Balaban J connectivity index is 1.62. The lowest BCUT2D eigenvalue weighted by Gasteiger charge is -2.34. The van der Waals surface area contributed by atoms with E-state index < -0.39 is 0 Å². The van der Waals surface area contributed by atoms with Gasteiger partial charge in [0.15, 0.2) is 0 Å². The normalized spacial score (nSPS) is 17.5. The Morgan fingerprint density at radius 1 is 1.24 bits per heavy atom. The third-order valence-corrected chi connectivity index (χ3v) is 4.36. The molecule has 21 heavy (non-hydrogen) atoms. The van der Waals surface area contributed by atoms with Crippen LogP contribution in [0.1, 0.15) is 32.4 Å². The van der Waals surface area contributed by atoms with E-state index in [9.17, 15) is 0 Å². The van der Waals surface area contributed by atoms with Gasteiger partial charge in [0.1, 0.15) is 0 Å². The zero-order valence-corrected chi connectivity index (χ0v) is 12.8. The molecule has 0 spiro atoms. The predicted octanol–water partition coefficient (Wildman–Crippen LogP) is 2.53. The van der Waals surface area contributed by atoms with Crippen LogP contribution in [-0.2, 0) is 6.42 Å². The second-order valence-electron chi connectivity index (χ2n) is 6.16. The standard InChI is InChI=1S/C16H23N5/c1-12(2)21-5-3-13(4-6-21)7-15-10-17-11-16(20-15)14-8-18-19-9-14/h8-13H,3-7H2,1-2H3,(H,18,19). The van der Waals surface area contributed by atoms with Gasteiger partial charge < -0.3 is 4.90 Å². The number of hydrogen-bond donors (Lipinski definition) is 1. The summed E-state index contributed by atoms with van der Waals surface area (Å²) in [7, 11) is 0. The van der Waals surface area contributed by atoms with Crippen molar-refractivity contribution < 1.29 is 0 Å². The van der Waals surface area contributed by atoms with E-state index in [2.05, 4.69) is 33.9 Å². The van der Waals surface area contributed by atoms with Gasteiger partial charge in [-0.25, -0.2) is 4.98 Å². The first-order chi connectivity index (χ1) is 10.2. The predicted molar refractivity (Wildman–Crippen MR) is 82.8 cm³/mol. The summed E-state index contributed by atoms with van der Waals surface area (Å²) in [6.45, 7) is 6.97. The molecule has 0 aliphatic carbocycles. The number of nitrogens with zero attached hydrogens (tertiary/aromatic N) is 4. The van der Waals surface area contributed by atoms with Crippen LogP contribution < -0.4 is 0 Å². The maximum atomic E-state index is 4.73. The molecule has 1 aliphatic heterocycles. The Hall–Kier alpha value is -1.75. The number of piperidine rings is 1. The highest BCUT2D eigenvalue weighted by atomic mass is 15.1. The van der Waals surface area contributed by atoms with Gasteiger partial charge in [0, 0.05) is 24.0 Å². The average Bonchev–Trinajstić information content (AvgIpc) is 3.02. The molecule has 3 rings (SSSR count). The lowest BCUT2D eigenvalue weighted by Crippen LogP contribution is -2.38. The molecule has 2 aromatic heterocycles. The van der Waals surface area contributed by atoms with E-state index in [1.807, 2.05) is 12.4 Å². The molecule has 0 aromatic carbocycles. The molecule has 0 amide bonds. The maximum absolute atomic E-state index is 4.73. The summed E-state index contributed by atoms with van der Waals surface area (Å²) in [5.41, 5.74) is 3.00. The van der Waals surface area contributed by atoms with Gasteiger partial charge >= 0.3 is 0 Å². The molecule has 0 atom stereocenters. The molecular formula is C16H23N5. The molecule has 1 N–H and O–H groups in total. The van der Waals surface area contributed by atoms with Crippen LogP contribution >= 0.6 is 0 Å². The van der Waals surface area contributed by atoms with Crippen LogP contribution in [0.25, 0.3) is 11.3 Å². The van der Waals surface area contributed by atoms with Crippen molar-refractivity contribution in [2.45, 2.75) is 39.2 Å². The number of aromatic amines is 1. The van der Waals surface area contributed by atoms with Crippen molar-refractivity contribution in [2.24, 2.45) is 5.92 Å². The second-order valence-corrected chi connectivity index (χ2v) is 6.16. The minimum absolute atomic E-state index is 0.662. The summed E-state index contributed by atoms with van der Waals surface area (Å²) in [5.74, 6) is 0.730. The molecule has 0 radical (unpaired) electrons. The van der Waals surface area contributed by atoms with Crippen molar-refractivity contribution in [1.29, 1.82) is 0 Å². The molecule has 0 saturated carbocycles. The summed E-state index contributed by atoms with van der Waals surface area (Å²) >= 11 is 0. The summed E-state index contributed by atoms with van der Waals surface area (Å²) < 4.78 is 0. The van der Waals surface area contributed by atoms with Gasteiger partial charge in [0.25, 0.3) is 0 Å². The Bertz CT molecular complexity index is 556. The van der Waals surface area contributed by atoms with Gasteiger partial charge in [-0.2, -0.15) is 5.10 Å². The summed E-state index contributed by atoms with van der Waals surface area (Å²) in [5, 5.41) is 6.79. The molecule has 0 unspecified atom stereocenters. The average molecular weight is 285 g/mol. The van der Waals surface area contributed by atoms with Crippen LogP contribution in [0.4, 0.5) is 0 Å². The Kier molecular flexibility index (Phi) is 4.29. The number of hydrogen-bond acceptors (Lipinski definition) is 4. The zero-order valence-electron chi connectivity index (χ0n) is 12.8. The lowest BCUT2D eigenvalue weighted by atomic mass is 9.91. The first kappa shape index (κ1) is 14.2. The zero-order chi connectivity index (χ0) is 14.7. The van der Waals surface area contributed by atoms with Crippen molar-refractivity contribution in [2.75, 3.05) is 13.1 Å². The number of likely N-dealkylation sites (tertiary alicyclic amines) is 1. The van der Waals surface area contributed by atoms with Crippen LogP contribution in [0.15, 0.2) is 24.8 Å². The van der Waals surface area contributed by atoms with Crippen molar-refractivity contribution in [3.63, 3.8) is 0 Å². The molecule has 1 fully saturated rings. The Morgan fingerprint density at radius 2 is 2.05 bits per heavy atom. The summed E-state index contributed by atoms with van der Waals surface area (Å²) in [6, 6.07) is 0.662. The van der Waals surface area contributed by atoms with E-state index in [1.165, 1.54) is 25.9 Å². The molecule has 5 heteroatoms. The van der Waals surface area contributed by atoms with Gasteiger partial charge in [-0.3, -0.25) is 10.1 Å². The number of nitrogens with one attached hydrogen (secondary N) is 1. The highest BCUT2D eigenvalue weighted by molar-refractivity contribution is 5.55. The highest BCUT2D eigenvalue weighted by Gasteiger charge is 2.21. The molecule has 1 saturated heterocycles. The van der Waals surface area contributed by atoms with Gasteiger partial charge in [-0.05, 0) is 52.1 Å². The van der Waals surface area contributed by atoms with Crippen molar-refractivity contribution in [3.05, 3.63) is 30.5 Å². The third-order valence-electron chi connectivity index (χ3n) is 4.36. The van der Waals surface area contributed by atoms with Gasteiger partial charge in [-0.15, -0.1) is 0 Å². The van der Waals surface area contributed by atoms with Crippen LogP contribution in [0.3, 0.4) is 0 Å². The highest BCUT2D eigenvalue weighted by Crippen LogP contribution is 2.23. The monoisotopic (exact) mass is 285 g/mol.